The highest BCUT2D eigenvalue weighted by Gasteiger charge is 1.99. The monoisotopic (exact) mass is 479 g/mol. The molecule has 0 aromatic heterocycles. The molecule has 0 spiro atoms. The summed E-state index contributed by atoms with van der Waals surface area (Å²) in [6.07, 6.45) is 3.18. The first kappa shape index (κ1) is 24.9. The maximum absolute atomic E-state index is 5.52. The van der Waals surface area contributed by atoms with Crippen LogP contribution in [0.3, 0.4) is 0 Å². The summed E-state index contributed by atoms with van der Waals surface area (Å²) >= 11 is 0. The zero-order chi connectivity index (χ0) is 18.2. The minimum Gasteiger partial charge on any atom is -0.497 e. The minimum atomic E-state index is 0. The Balaban J connectivity index is 0.00000625. The maximum Gasteiger partial charge on any atom is 0.191 e. The Hall–Kier alpha value is -1.06. The summed E-state index contributed by atoms with van der Waals surface area (Å²) in [6, 6.07) is 8.10. The highest BCUT2D eigenvalue weighted by atomic mass is 127. The van der Waals surface area contributed by atoms with Crippen molar-refractivity contribution < 1.29 is 14.2 Å². The van der Waals surface area contributed by atoms with Crippen LogP contribution >= 0.6 is 24.0 Å². The van der Waals surface area contributed by atoms with Crippen molar-refractivity contribution in [3.8, 4) is 5.75 Å². The normalized spacial score (nSPS) is 11.0. The summed E-state index contributed by atoms with van der Waals surface area (Å²) in [4.78, 5) is 4.21. The molecular formula is C19H34IN3O3. The van der Waals surface area contributed by atoms with Gasteiger partial charge in [-0.15, -0.1) is 24.0 Å². The Morgan fingerprint density at radius 1 is 1.04 bits per heavy atom. The second-order valence-electron chi connectivity index (χ2n) is 5.61. The molecule has 26 heavy (non-hydrogen) atoms. The summed E-state index contributed by atoms with van der Waals surface area (Å²) < 4.78 is 16.2. The highest BCUT2D eigenvalue weighted by molar-refractivity contribution is 14.0. The van der Waals surface area contributed by atoms with Crippen LogP contribution in [0, 0.1) is 0 Å². The van der Waals surface area contributed by atoms with Gasteiger partial charge >= 0.3 is 0 Å². The van der Waals surface area contributed by atoms with E-state index in [0.29, 0.717) is 26.4 Å². The first-order valence-electron chi connectivity index (χ1n) is 9.03. The van der Waals surface area contributed by atoms with Gasteiger partial charge in [0.2, 0.25) is 0 Å². The van der Waals surface area contributed by atoms with Crippen molar-refractivity contribution in [3.63, 3.8) is 0 Å². The molecule has 0 aliphatic rings. The van der Waals surface area contributed by atoms with Crippen molar-refractivity contribution >= 4 is 29.9 Å². The van der Waals surface area contributed by atoms with E-state index >= 15 is 0 Å². The second kappa shape index (κ2) is 17.4. The van der Waals surface area contributed by atoms with Crippen molar-refractivity contribution in [3.05, 3.63) is 29.8 Å². The van der Waals surface area contributed by atoms with Crippen LogP contribution in [0.15, 0.2) is 29.3 Å². The maximum atomic E-state index is 5.52. The SMILES string of the molecule is CCCCOCCOCCNC(=NC)NCCc1cccc(OC)c1.I. The molecule has 0 heterocycles. The van der Waals surface area contributed by atoms with Crippen LogP contribution in [-0.4, -0.2) is 59.6 Å². The fourth-order valence-corrected chi connectivity index (χ4v) is 2.18. The zero-order valence-electron chi connectivity index (χ0n) is 16.3. The van der Waals surface area contributed by atoms with Crippen LogP contribution in [0.1, 0.15) is 25.3 Å². The Labute approximate surface area is 175 Å². The Morgan fingerprint density at radius 3 is 2.46 bits per heavy atom. The van der Waals surface area contributed by atoms with Gasteiger partial charge in [0.15, 0.2) is 5.96 Å². The lowest BCUT2D eigenvalue weighted by molar-refractivity contribution is 0.0487. The summed E-state index contributed by atoms with van der Waals surface area (Å²) in [6.45, 7) is 6.42. The van der Waals surface area contributed by atoms with Crippen LogP contribution in [-0.2, 0) is 15.9 Å². The fraction of sp³-hybridized carbons (Fsp3) is 0.632. The average molecular weight is 479 g/mol. The number of aliphatic imine (C=N–C) groups is 1. The highest BCUT2D eigenvalue weighted by Crippen LogP contribution is 2.12. The number of benzene rings is 1. The fourth-order valence-electron chi connectivity index (χ4n) is 2.18. The van der Waals surface area contributed by atoms with E-state index in [4.69, 9.17) is 14.2 Å². The quantitative estimate of drug-likeness (QED) is 0.197. The predicted molar refractivity (Wildman–Crippen MR) is 118 cm³/mol. The molecule has 0 saturated carbocycles. The van der Waals surface area contributed by atoms with E-state index in [9.17, 15) is 0 Å². The number of methoxy groups -OCH3 is 1. The van der Waals surface area contributed by atoms with Gasteiger partial charge in [-0.2, -0.15) is 0 Å². The lowest BCUT2D eigenvalue weighted by atomic mass is 10.1. The summed E-state index contributed by atoms with van der Waals surface area (Å²) in [5.74, 6) is 1.67. The number of unbranched alkanes of at least 4 members (excludes halogenated alkanes) is 1. The summed E-state index contributed by atoms with van der Waals surface area (Å²) in [7, 11) is 3.45. The molecule has 0 radical (unpaired) electrons. The topological polar surface area (TPSA) is 64.1 Å². The number of hydrogen-bond donors (Lipinski definition) is 2. The Kier molecular flexibility index (Phi) is 16.7. The van der Waals surface area contributed by atoms with E-state index < -0.39 is 0 Å². The molecule has 0 fully saturated rings. The second-order valence-corrected chi connectivity index (χ2v) is 5.61. The molecular weight excluding hydrogens is 445 g/mol. The van der Waals surface area contributed by atoms with Crippen LogP contribution in [0.25, 0.3) is 0 Å². The van der Waals surface area contributed by atoms with Crippen molar-refractivity contribution in [2.75, 3.05) is 53.7 Å². The Bertz CT molecular complexity index is 487. The van der Waals surface area contributed by atoms with Crippen LogP contribution < -0.4 is 15.4 Å². The summed E-state index contributed by atoms with van der Waals surface area (Å²) in [5, 5.41) is 6.54. The molecule has 0 aliphatic heterocycles. The number of nitrogens with zero attached hydrogens (tertiary/aromatic N) is 1. The van der Waals surface area contributed by atoms with Gasteiger partial charge in [0, 0.05) is 26.7 Å². The van der Waals surface area contributed by atoms with E-state index in [2.05, 4.69) is 28.6 Å². The third-order valence-corrected chi connectivity index (χ3v) is 3.62. The molecule has 1 aromatic carbocycles. The molecule has 0 bridgehead atoms. The van der Waals surface area contributed by atoms with Gasteiger partial charge in [-0.3, -0.25) is 4.99 Å². The smallest absolute Gasteiger partial charge is 0.191 e. The van der Waals surface area contributed by atoms with Crippen molar-refractivity contribution in [1.29, 1.82) is 0 Å². The molecule has 0 atom stereocenters. The van der Waals surface area contributed by atoms with Crippen LogP contribution in [0.4, 0.5) is 0 Å². The lowest BCUT2D eigenvalue weighted by Crippen LogP contribution is -2.39. The molecule has 0 unspecified atom stereocenters. The van der Waals surface area contributed by atoms with Crippen LogP contribution in [0.5, 0.6) is 5.75 Å². The number of hydrogen-bond acceptors (Lipinski definition) is 4. The Morgan fingerprint density at radius 2 is 1.77 bits per heavy atom. The zero-order valence-corrected chi connectivity index (χ0v) is 18.6. The molecule has 1 rings (SSSR count). The molecule has 7 heteroatoms. The van der Waals surface area contributed by atoms with Gasteiger partial charge in [0.05, 0.1) is 26.9 Å². The van der Waals surface area contributed by atoms with Gasteiger partial charge in [0.1, 0.15) is 5.75 Å². The van der Waals surface area contributed by atoms with Gasteiger partial charge in [0.25, 0.3) is 0 Å². The number of guanidine groups is 1. The molecule has 0 aliphatic carbocycles. The molecule has 1 aromatic rings. The molecule has 0 amide bonds. The first-order chi connectivity index (χ1) is 12.3. The van der Waals surface area contributed by atoms with E-state index in [1.165, 1.54) is 5.56 Å². The molecule has 0 saturated heterocycles. The average Bonchev–Trinajstić information content (AvgIpc) is 2.65. The van der Waals surface area contributed by atoms with E-state index in [-0.39, 0.29) is 24.0 Å². The van der Waals surface area contributed by atoms with Gasteiger partial charge < -0.3 is 24.8 Å². The number of nitrogens with one attached hydrogen (secondary N) is 2. The minimum absolute atomic E-state index is 0. The van der Waals surface area contributed by atoms with Crippen molar-refractivity contribution in [2.45, 2.75) is 26.2 Å². The lowest BCUT2D eigenvalue weighted by Gasteiger charge is -2.12. The van der Waals surface area contributed by atoms with Gasteiger partial charge in [-0.05, 0) is 30.5 Å². The standard InChI is InChI=1S/C19H33N3O3.HI/c1-4-5-12-24-14-15-25-13-11-22-19(20-2)21-10-9-17-7-6-8-18(16-17)23-3;/h6-8,16H,4-5,9-15H2,1-3H3,(H2,20,21,22);1H. The molecule has 2 N–H and O–H groups in total. The number of halogens is 1. The number of ether oxygens (including phenoxy) is 3. The molecule has 150 valence electrons. The van der Waals surface area contributed by atoms with Crippen molar-refractivity contribution in [1.82, 2.24) is 10.6 Å². The molecule has 6 nitrogen and oxygen atoms in total. The van der Waals surface area contributed by atoms with Gasteiger partial charge in [-0.1, -0.05) is 25.5 Å². The van der Waals surface area contributed by atoms with Gasteiger partial charge in [-0.25, -0.2) is 0 Å². The van der Waals surface area contributed by atoms with Crippen LogP contribution in [0.2, 0.25) is 0 Å². The third-order valence-electron chi connectivity index (χ3n) is 3.62. The number of rotatable bonds is 13. The first-order valence-corrected chi connectivity index (χ1v) is 9.03. The third kappa shape index (κ3) is 12.3. The summed E-state index contributed by atoms with van der Waals surface area (Å²) in [5.41, 5.74) is 1.23. The van der Waals surface area contributed by atoms with E-state index in [0.717, 1.165) is 44.1 Å². The van der Waals surface area contributed by atoms with E-state index in [1.807, 2.05) is 18.2 Å². The van der Waals surface area contributed by atoms with Crippen molar-refractivity contribution in [2.24, 2.45) is 4.99 Å². The predicted octanol–water partition coefficient (Wildman–Crippen LogP) is 2.85. The van der Waals surface area contributed by atoms with E-state index in [1.54, 1.807) is 14.2 Å². The largest absolute Gasteiger partial charge is 0.497 e.